The van der Waals surface area contributed by atoms with Gasteiger partial charge in [-0.25, -0.2) is 13.8 Å². The van der Waals surface area contributed by atoms with E-state index in [1.807, 2.05) is 6.92 Å². The molecular weight excluding hydrogens is 294 g/mol. The second-order valence-electron chi connectivity index (χ2n) is 5.37. The van der Waals surface area contributed by atoms with Crippen molar-refractivity contribution >= 4 is 22.4 Å². The van der Waals surface area contributed by atoms with Crippen molar-refractivity contribution in [2.45, 2.75) is 19.8 Å². The molecule has 2 atom stereocenters. The second kappa shape index (κ2) is 5.52. The number of hydrogen-bond donors (Lipinski definition) is 1. The van der Waals surface area contributed by atoms with Crippen molar-refractivity contribution in [1.82, 2.24) is 4.98 Å². The maximum atomic E-state index is 13.1. The van der Waals surface area contributed by atoms with Crippen molar-refractivity contribution in [3.05, 3.63) is 46.5 Å². The highest BCUT2D eigenvalue weighted by Gasteiger charge is 2.39. The summed E-state index contributed by atoms with van der Waals surface area (Å²) in [6.45, 7) is 2.04. The normalized spacial score (nSPS) is 20.3. The number of thiazole rings is 1. The van der Waals surface area contributed by atoms with E-state index in [9.17, 15) is 13.6 Å². The van der Waals surface area contributed by atoms with Gasteiger partial charge in [-0.3, -0.25) is 4.79 Å². The molecule has 3 rings (SSSR count). The van der Waals surface area contributed by atoms with Gasteiger partial charge in [0, 0.05) is 23.4 Å². The van der Waals surface area contributed by atoms with Crippen molar-refractivity contribution in [3.63, 3.8) is 0 Å². The van der Waals surface area contributed by atoms with E-state index in [0.717, 1.165) is 17.4 Å². The van der Waals surface area contributed by atoms with Crippen LogP contribution in [-0.4, -0.2) is 10.9 Å². The maximum Gasteiger partial charge on any atom is 0.229 e. The van der Waals surface area contributed by atoms with E-state index in [1.165, 1.54) is 17.4 Å². The number of amides is 1. The third-order valence-electron chi connectivity index (χ3n) is 3.59. The predicted molar refractivity (Wildman–Crippen MR) is 77.2 cm³/mol. The summed E-state index contributed by atoms with van der Waals surface area (Å²) in [5.74, 6) is -1.14. The largest absolute Gasteiger partial charge is 0.302 e. The van der Waals surface area contributed by atoms with Crippen LogP contribution in [0, 0.1) is 23.5 Å². The summed E-state index contributed by atoms with van der Waals surface area (Å²) in [5, 5.41) is 3.35. The Balaban J connectivity index is 1.64. The molecule has 1 aromatic carbocycles. The van der Waals surface area contributed by atoms with Gasteiger partial charge in [0.15, 0.2) is 16.8 Å². The van der Waals surface area contributed by atoms with Crippen LogP contribution in [0.25, 0.3) is 0 Å². The lowest BCUT2D eigenvalue weighted by Gasteiger charge is -2.00. The Kier molecular flexibility index (Phi) is 3.71. The second-order valence-corrected chi connectivity index (χ2v) is 6.48. The van der Waals surface area contributed by atoms with Crippen LogP contribution in [0.2, 0.25) is 0 Å². The van der Waals surface area contributed by atoms with E-state index in [4.69, 9.17) is 0 Å². The van der Waals surface area contributed by atoms with Crippen molar-refractivity contribution in [2.24, 2.45) is 11.8 Å². The standard InChI is InChI=1S/C15H14F2N2OS/c1-8-4-11(8)14(20)19-15-18-7-10(21-15)5-9-2-3-12(16)13(17)6-9/h2-3,6-8,11H,4-5H2,1H3,(H,18,19,20)/t8-,11+/m1/s1. The summed E-state index contributed by atoms with van der Waals surface area (Å²) in [5.41, 5.74) is 0.672. The zero-order valence-corrected chi connectivity index (χ0v) is 12.2. The number of nitrogens with zero attached hydrogens (tertiary/aromatic N) is 1. The van der Waals surface area contributed by atoms with Crippen LogP contribution < -0.4 is 5.32 Å². The molecule has 0 spiro atoms. The topological polar surface area (TPSA) is 42.0 Å². The fourth-order valence-corrected chi connectivity index (χ4v) is 3.03. The minimum Gasteiger partial charge on any atom is -0.302 e. The van der Waals surface area contributed by atoms with Crippen LogP contribution in [0.1, 0.15) is 23.8 Å². The monoisotopic (exact) mass is 308 g/mol. The Hall–Kier alpha value is -1.82. The molecule has 2 aromatic rings. The number of aromatic nitrogens is 1. The average Bonchev–Trinajstić information content (AvgIpc) is 3.01. The van der Waals surface area contributed by atoms with E-state index in [-0.39, 0.29) is 11.8 Å². The van der Waals surface area contributed by atoms with Gasteiger partial charge in [-0.1, -0.05) is 13.0 Å². The van der Waals surface area contributed by atoms with Crippen LogP contribution in [0.3, 0.4) is 0 Å². The summed E-state index contributed by atoms with van der Waals surface area (Å²) in [7, 11) is 0. The lowest BCUT2D eigenvalue weighted by atomic mass is 10.1. The van der Waals surface area contributed by atoms with Crippen LogP contribution in [-0.2, 0) is 11.2 Å². The first-order valence-corrected chi connectivity index (χ1v) is 7.54. The zero-order chi connectivity index (χ0) is 15.0. The van der Waals surface area contributed by atoms with Gasteiger partial charge < -0.3 is 5.32 Å². The molecule has 1 amide bonds. The number of halogens is 2. The molecule has 1 aliphatic rings. The summed E-state index contributed by atoms with van der Waals surface area (Å²) in [6, 6.07) is 3.84. The lowest BCUT2D eigenvalue weighted by Crippen LogP contribution is -2.13. The fourth-order valence-electron chi connectivity index (χ4n) is 2.18. The molecule has 1 saturated carbocycles. The third-order valence-corrected chi connectivity index (χ3v) is 4.51. The molecule has 1 fully saturated rings. The minimum atomic E-state index is -0.853. The molecule has 0 unspecified atom stereocenters. The molecule has 0 radical (unpaired) electrons. The van der Waals surface area contributed by atoms with Gasteiger partial charge in [0.05, 0.1) is 0 Å². The first-order chi connectivity index (χ1) is 10.0. The third kappa shape index (κ3) is 3.26. The van der Waals surface area contributed by atoms with Gasteiger partial charge >= 0.3 is 0 Å². The molecule has 0 bridgehead atoms. The molecule has 1 heterocycles. The van der Waals surface area contributed by atoms with Crippen molar-refractivity contribution in [3.8, 4) is 0 Å². The van der Waals surface area contributed by atoms with Crippen LogP contribution in [0.5, 0.6) is 0 Å². The number of carbonyl (C=O) groups is 1. The van der Waals surface area contributed by atoms with Gasteiger partial charge in [0.2, 0.25) is 5.91 Å². The van der Waals surface area contributed by atoms with Gasteiger partial charge in [0.25, 0.3) is 0 Å². The first kappa shape index (κ1) is 14.1. The quantitative estimate of drug-likeness (QED) is 0.937. The zero-order valence-electron chi connectivity index (χ0n) is 11.4. The number of carbonyl (C=O) groups excluding carboxylic acids is 1. The van der Waals surface area contributed by atoms with Crippen molar-refractivity contribution in [1.29, 1.82) is 0 Å². The minimum absolute atomic E-state index is 0.0104. The molecular formula is C15H14F2N2OS. The SMILES string of the molecule is C[C@@H]1C[C@@H]1C(=O)Nc1ncc(Cc2ccc(F)c(F)c2)s1. The van der Waals surface area contributed by atoms with E-state index in [1.54, 1.807) is 12.3 Å². The Bertz CT molecular complexity index is 686. The summed E-state index contributed by atoms with van der Waals surface area (Å²) in [4.78, 5) is 16.8. The molecule has 21 heavy (non-hydrogen) atoms. The van der Waals surface area contributed by atoms with Crippen molar-refractivity contribution < 1.29 is 13.6 Å². The number of hydrogen-bond acceptors (Lipinski definition) is 3. The fraction of sp³-hybridized carbons (Fsp3) is 0.333. The van der Waals surface area contributed by atoms with E-state index >= 15 is 0 Å². The first-order valence-electron chi connectivity index (χ1n) is 6.72. The molecule has 6 heteroatoms. The molecule has 1 N–H and O–H groups in total. The molecule has 110 valence electrons. The smallest absolute Gasteiger partial charge is 0.229 e. The van der Waals surface area contributed by atoms with Crippen LogP contribution in [0.4, 0.5) is 13.9 Å². The predicted octanol–water partition coefficient (Wildman–Crippen LogP) is 3.61. The molecule has 3 nitrogen and oxygen atoms in total. The number of anilines is 1. The van der Waals surface area contributed by atoms with Gasteiger partial charge in [-0.15, -0.1) is 11.3 Å². The Morgan fingerprint density at radius 1 is 1.43 bits per heavy atom. The number of nitrogens with one attached hydrogen (secondary N) is 1. The van der Waals surface area contributed by atoms with E-state index in [2.05, 4.69) is 10.3 Å². The average molecular weight is 308 g/mol. The van der Waals surface area contributed by atoms with E-state index in [0.29, 0.717) is 23.0 Å². The maximum absolute atomic E-state index is 13.1. The number of rotatable bonds is 4. The Morgan fingerprint density at radius 3 is 2.86 bits per heavy atom. The Labute approximate surface area is 125 Å². The molecule has 0 saturated heterocycles. The van der Waals surface area contributed by atoms with Gasteiger partial charge in [-0.05, 0) is 30.0 Å². The molecule has 1 aromatic heterocycles. The molecule has 1 aliphatic carbocycles. The summed E-state index contributed by atoms with van der Waals surface area (Å²) < 4.78 is 26.0. The highest BCUT2D eigenvalue weighted by atomic mass is 32.1. The van der Waals surface area contributed by atoms with Crippen LogP contribution in [0.15, 0.2) is 24.4 Å². The molecule has 0 aliphatic heterocycles. The number of benzene rings is 1. The summed E-state index contributed by atoms with van der Waals surface area (Å²) in [6.07, 6.45) is 3.04. The summed E-state index contributed by atoms with van der Waals surface area (Å²) >= 11 is 1.35. The van der Waals surface area contributed by atoms with Crippen LogP contribution >= 0.6 is 11.3 Å². The highest BCUT2D eigenvalue weighted by Crippen LogP contribution is 2.38. The van der Waals surface area contributed by atoms with Gasteiger partial charge in [0.1, 0.15) is 0 Å². The van der Waals surface area contributed by atoms with Crippen molar-refractivity contribution in [2.75, 3.05) is 5.32 Å². The Morgan fingerprint density at radius 2 is 2.19 bits per heavy atom. The van der Waals surface area contributed by atoms with Gasteiger partial charge in [-0.2, -0.15) is 0 Å². The van der Waals surface area contributed by atoms with E-state index < -0.39 is 11.6 Å². The highest BCUT2D eigenvalue weighted by molar-refractivity contribution is 7.15. The lowest BCUT2D eigenvalue weighted by molar-refractivity contribution is -0.117.